The highest BCUT2D eigenvalue weighted by Gasteiger charge is 2.14. The van der Waals surface area contributed by atoms with Crippen molar-refractivity contribution >= 4 is 15.7 Å². The molecular weight excluding hydrogens is 316 g/mol. The minimum Gasteiger partial charge on any atom is -0.493 e. The smallest absolute Gasteiger partial charge is 0.223 e. The van der Waals surface area contributed by atoms with Crippen molar-refractivity contribution in [1.82, 2.24) is 10.6 Å². The largest absolute Gasteiger partial charge is 0.493 e. The van der Waals surface area contributed by atoms with E-state index in [1.807, 2.05) is 0 Å². The van der Waals surface area contributed by atoms with Gasteiger partial charge < -0.3 is 15.4 Å². The van der Waals surface area contributed by atoms with Gasteiger partial charge >= 0.3 is 0 Å². The molecule has 0 bridgehead atoms. The lowest BCUT2D eigenvalue weighted by Crippen LogP contribution is -2.27. The highest BCUT2D eigenvalue weighted by molar-refractivity contribution is 7.90. The van der Waals surface area contributed by atoms with Crippen LogP contribution in [0.25, 0.3) is 0 Å². The van der Waals surface area contributed by atoms with Crippen LogP contribution in [0.1, 0.15) is 19.3 Å². The molecule has 1 fully saturated rings. The molecule has 1 saturated heterocycles. The van der Waals surface area contributed by atoms with E-state index in [-0.39, 0.29) is 23.8 Å². The molecule has 6 nitrogen and oxygen atoms in total. The number of hydrogen-bond acceptors (Lipinski definition) is 5. The molecular formula is C16H24N2O4S. The summed E-state index contributed by atoms with van der Waals surface area (Å²) in [4.78, 5) is 12.0. The first-order valence-corrected chi connectivity index (χ1v) is 9.74. The standard InChI is InChI=1S/C16H24N2O4S/c1-23(20,21)15-4-2-14(3-5-15)22-11-8-16(19)18-10-7-13-6-9-17-12-13/h2-5,13,17H,6-12H2,1H3,(H,18,19). The number of benzene rings is 1. The van der Waals surface area contributed by atoms with Crippen molar-refractivity contribution in [3.8, 4) is 5.75 Å². The molecule has 1 atom stereocenters. The van der Waals surface area contributed by atoms with Gasteiger partial charge in [0.25, 0.3) is 0 Å². The predicted molar refractivity (Wildman–Crippen MR) is 88.3 cm³/mol. The first-order chi connectivity index (χ1) is 10.9. The second kappa shape index (κ2) is 8.31. The Bertz CT molecular complexity index is 607. The van der Waals surface area contributed by atoms with Gasteiger partial charge in [0.15, 0.2) is 9.84 Å². The number of rotatable bonds is 8. The van der Waals surface area contributed by atoms with Crippen molar-refractivity contribution in [2.45, 2.75) is 24.2 Å². The summed E-state index contributed by atoms with van der Waals surface area (Å²) in [5.41, 5.74) is 0. The monoisotopic (exact) mass is 340 g/mol. The molecule has 1 amide bonds. The first-order valence-electron chi connectivity index (χ1n) is 7.85. The molecule has 1 unspecified atom stereocenters. The molecule has 2 rings (SSSR count). The third kappa shape index (κ3) is 6.19. The summed E-state index contributed by atoms with van der Waals surface area (Å²) in [6, 6.07) is 6.20. The highest BCUT2D eigenvalue weighted by atomic mass is 32.2. The van der Waals surface area contributed by atoms with E-state index in [9.17, 15) is 13.2 Å². The molecule has 128 valence electrons. The second-order valence-electron chi connectivity index (χ2n) is 5.84. The summed E-state index contributed by atoms with van der Waals surface area (Å²) in [5.74, 6) is 1.20. The molecule has 2 N–H and O–H groups in total. The molecule has 1 aromatic rings. The third-order valence-electron chi connectivity index (χ3n) is 3.89. The van der Waals surface area contributed by atoms with Gasteiger partial charge in [-0.2, -0.15) is 0 Å². The number of carbonyl (C=O) groups excluding carboxylic acids is 1. The number of nitrogens with one attached hydrogen (secondary N) is 2. The van der Waals surface area contributed by atoms with Gasteiger partial charge in [0, 0.05) is 12.8 Å². The van der Waals surface area contributed by atoms with Crippen molar-refractivity contribution < 1.29 is 17.9 Å². The zero-order valence-corrected chi connectivity index (χ0v) is 14.2. The zero-order chi connectivity index (χ0) is 16.7. The molecule has 0 aliphatic carbocycles. The lowest BCUT2D eigenvalue weighted by molar-refractivity contribution is -0.121. The van der Waals surface area contributed by atoms with Crippen molar-refractivity contribution in [1.29, 1.82) is 0 Å². The van der Waals surface area contributed by atoms with Crippen LogP contribution < -0.4 is 15.4 Å². The van der Waals surface area contributed by atoms with Crippen LogP contribution in [0, 0.1) is 5.92 Å². The average Bonchev–Trinajstić information content (AvgIpc) is 3.00. The Hall–Kier alpha value is -1.60. The van der Waals surface area contributed by atoms with E-state index >= 15 is 0 Å². The normalized spacial score (nSPS) is 17.9. The van der Waals surface area contributed by atoms with E-state index in [2.05, 4.69) is 10.6 Å². The lowest BCUT2D eigenvalue weighted by Gasteiger charge is -2.10. The number of sulfone groups is 1. The number of carbonyl (C=O) groups is 1. The molecule has 0 saturated carbocycles. The van der Waals surface area contributed by atoms with Gasteiger partial charge in [0.2, 0.25) is 5.91 Å². The Morgan fingerprint density at radius 2 is 2.09 bits per heavy atom. The Morgan fingerprint density at radius 3 is 2.70 bits per heavy atom. The fourth-order valence-electron chi connectivity index (χ4n) is 2.51. The quantitative estimate of drug-likeness (QED) is 0.737. The molecule has 1 heterocycles. The average molecular weight is 340 g/mol. The Morgan fingerprint density at radius 1 is 1.35 bits per heavy atom. The van der Waals surface area contributed by atoms with E-state index in [0.717, 1.165) is 25.8 Å². The van der Waals surface area contributed by atoms with Gasteiger partial charge in [0.05, 0.1) is 17.9 Å². The van der Waals surface area contributed by atoms with E-state index < -0.39 is 9.84 Å². The maximum absolute atomic E-state index is 11.7. The second-order valence-corrected chi connectivity index (χ2v) is 7.86. The van der Waals surface area contributed by atoms with E-state index in [1.54, 1.807) is 12.1 Å². The molecule has 0 radical (unpaired) electrons. The van der Waals surface area contributed by atoms with E-state index in [0.29, 0.717) is 18.2 Å². The van der Waals surface area contributed by atoms with Crippen molar-refractivity contribution in [2.24, 2.45) is 5.92 Å². The first kappa shape index (κ1) is 17.7. The Labute approximate surface area is 137 Å². The summed E-state index contributed by atoms with van der Waals surface area (Å²) in [6.07, 6.45) is 3.64. The maximum Gasteiger partial charge on any atom is 0.223 e. The summed E-state index contributed by atoms with van der Waals surface area (Å²) in [6.45, 7) is 3.09. The van der Waals surface area contributed by atoms with Gasteiger partial charge in [-0.3, -0.25) is 4.79 Å². The SMILES string of the molecule is CS(=O)(=O)c1ccc(OCCC(=O)NCCC2CCNC2)cc1. The van der Waals surface area contributed by atoms with Crippen LogP contribution in [0.2, 0.25) is 0 Å². The third-order valence-corrected chi connectivity index (χ3v) is 5.02. The van der Waals surface area contributed by atoms with Gasteiger partial charge in [-0.25, -0.2) is 8.42 Å². The molecule has 7 heteroatoms. The van der Waals surface area contributed by atoms with Gasteiger partial charge in [-0.15, -0.1) is 0 Å². The van der Waals surface area contributed by atoms with Crippen LogP contribution in [0.4, 0.5) is 0 Å². The van der Waals surface area contributed by atoms with Gasteiger partial charge in [0.1, 0.15) is 5.75 Å². The fourth-order valence-corrected chi connectivity index (χ4v) is 3.14. The molecule has 0 aromatic heterocycles. The molecule has 23 heavy (non-hydrogen) atoms. The van der Waals surface area contributed by atoms with E-state index in [4.69, 9.17) is 4.74 Å². The van der Waals surface area contributed by atoms with Gasteiger partial charge in [-0.05, 0) is 56.1 Å². The molecule has 1 aliphatic heterocycles. The summed E-state index contributed by atoms with van der Waals surface area (Å²) < 4.78 is 28.1. The number of ether oxygens (including phenoxy) is 1. The zero-order valence-electron chi connectivity index (χ0n) is 13.4. The van der Waals surface area contributed by atoms with Gasteiger partial charge in [-0.1, -0.05) is 0 Å². The molecule has 0 spiro atoms. The number of amides is 1. The molecule has 1 aliphatic rings. The fraction of sp³-hybridized carbons (Fsp3) is 0.562. The Kier molecular flexibility index (Phi) is 6.41. The lowest BCUT2D eigenvalue weighted by atomic mass is 10.1. The topological polar surface area (TPSA) is 84.5 Å². The summed E-state index contributed by atoms with van der Waals surface area (Å²) >= 11 is 0. The minimum atomic E-state index is -3.20. The van der Waals surface area contributed by atoms with Crippen LogP contribution >= 0.6 is 0 Å². The maximum atomic E-state index is 11.7. The van der Waals surface area contributed by atoms with Crippen LogP contribution in [0.15, 0.2) is 29.2 Å². The van der Waals surface area contributed by atoms with Crippen LogP contribution in [0.5, 0.6) is 5.75 Å². The van der Waals surface area contributed by atoms with Crippen molar-refractivity contribution in [2.75, 3.05) is 32.5 Å². The van der Waals surface area contributed by atoms with Crippen LogP contribution in [-0.4, -0.2) is 46.8 Å². The minimum absolute atomic E-state index is 0.0243. The van der Waals surface area contributed by atoms with Crippen molar-refractivity contribution in [3.05, 3.63) is 24.3 Å². The van der Waals surface area contributed by atoms with Crippen LogP contribution in [-0.2, 0) is 14.6 Å². The number of hydrogen-bond donors (Lipinski definition) is 2. The van der Waals surface area contributed by atoms with E-state index in [1.165, 1.54) is 18.6 Å². The summed E-state index contributed by atoms with van der Waals surface area (Å²) in [7, 11) is -3.20. The summed E-state index contributed by atoms with van der Waals surface area (Å²) in [5, 5.41) is 6.20. The van der Waals surface area contributed by atoms with Crippen LogP contribution in [0.3, 0.4) is 0 Å². The molecule has 1 aromatic carbocycles. The predicted octanol–water partition coefficient (Wildman–Crippen LogP) is 0.975. The highest BCUT2D eigenvalue weighted by Crippen LogP contribution is 2.16. The van der Waals surface area contributed by atoms with Crippen molar-refractivity contribution in [3.63, 3.8) is 0 Å². The Balaban J connectivity index is 1.63.